The van der Waals surface area contributed by atoms with Crippen LogP contribution in [-0.4, -0.2) is 18.5 Å². The van der Waals surface area contributed by atoms with Crippen LogP contribution in [0.2, 0.25) is 0 Å². The molecule has 0 fully saturated rings. The van der Waals surface area contributed by atoms with E-state index < -0.39 is 6.03 Å². The number of para-hydroxylation sites is 1. The first-order valence-electron chi connectivity index (χ1n) is 7.42. The second-order valence-electron chi connectivity index (χ2n) is 5.39. The topological polar surface area (TPSA) is 84.2 Å². The summed E-state index contributed by atoms with van der Waals surface area (Å²) in [4.78, 5) is 22.4. The Balaban J connectivity index is 2.29. The highest BCUT2D eigenvalue weighted by atomic mass is 16.2. The summed E-state index contributed by atoms with van der Waals surface area (Å²) in [6.07, 6.45) is 3.01. The molecule has 1 aromatic carbocycles. The number of hydrogen-bond acceptors (Lipinski definition) is 2. The zero-order chi connectivity index (χ0) is 15.7. The molecule has 1 rings (SSSR count). The van der Waals surface area contributed by atoms with Crippen molar-refractivity contribution in [2.75, 3.05) is 11.9 Å². The van der Waals surface area contributed by atoms with E-state index in [1.807, 2.05) is 24.3 Å². The lowest BCUT2D eigenvalue weighted by atomic mass is 10.0. The lowest BCUT2D eigenvalue weighted by molar-refractivity contribution is -0.116. The Bertz CT molecular complexity index is 472. The van der Waals surface area contributed by atoms with Crippen LogP contribution in [0.1, 0.15) is 51.0 Å². The van der Waals surface area contributed by atoms with Crippen molar-refractivity contribution in [3.8, 4) is 0 Å². The van der Waals surface area contributed by atoms with Gasteiger partial charge in [0.2, 0.25) is 5.91 Å². The summed E-state index contributed by atoms with van der Waals surface area (Å²) < 4.78 is 0. The number of carbonyl (C=O) groups is 2. The molecule has 0 unspecified atom stereocenters. The molecular weight excluding hydrogens is 266 g/mol. The zero-order valence-electron chi connectivity index (χ0n) is 12.8. The number of carbonyl (C=O) groups excluding carboxylic acids is 2. The molecule has 0 saturated heterocycles. The van der Waals surface area contributed by atoms with Gasteiger partial charge in [-0.1, -0.05) is 38.5 Å². The Kier molecular flexibility index (Phi) is 7.29. The molecule has 21 heavy (non-hydrogen) atoms. The summed E-state index contributed by atoms with van der Waals surface area (Å²) >= 11 is 0. The molecule has 0 saturated carbocycles. The average molecular weight is 291 g/mol. The van der Waals surface area contributed by atoms with E-state index in [9.17, 15) is 9.59 Å². The van der Waals surface area contributed by atoms with Crippen molar-refractivity contribution in [1.29, 1.82) is 0 Å². The molecular formula is C16H25N3O2. The molecule has 0 aliphatic carbocycles. The Labute approximate surface area is 126 Å². The summed E-state index contributed by atoms with van der Waals surface area (Å²) in [7, 11) is 0. The second-order valence-corrected chi connectivity index (χ2v) is 5.39. The molecule has 0 atom stereocenters. The Morgan fingerprint density at radius 1 is 1.14 bits per heavy atom. The fourth-order valence-electron chi connectivity index (χ4n) is 2.13. The van der Waals surface area contributed by atoms with E-state index in [2.05, 4.69) is 24.5 Å². The standard InChI is InChI=1S/C16H25N3O2/c1-12(2)13-8-5-6-9-14(13)19-15(20)10-4-3-7-11-18-16(17)21/h5-6,8-9,12H,3-4,7,10-11H2,1-2H3,(H,19,20)(H3,17,18,21). The minimum absolute atomic E-state index is 0.0333. The quantitative estimate of drug-likeness (QED) is 0.643. The number of nitrogens with two attached hydrogens (primary N) is 1. The van der Waals surface area contributed by atoms with E-state index >= 15 is 0 Å². The monoisotopic (exact) mass is 291 g/mol. The van der Waals surface area contributed by atoms with E-state index in [1.165, 1.54) is 0 Å². The van der Waals surface area contributed by atoms with Gasteiger partial charge in [-0.3, -0.25) is 4.79 Å². The van der Waals surface area contributed by atoms with Gasteiger partial charge in [0, 0.05) is 18.7 Å². The minimum Gasteiger partial charge on any atom is -0.352 e. The normalized spacial score (nSPS) is 10.4. The fraction of sp³-hybridized carbons (Fsp3) is 0.500. The number of rotatable bonds is 8. The van der Waals surface area contributed by atoms with E-state index in [0.717, 1.165) is 30.5 Å². The maximum absolute atomic E-state index is 11.9. The van der Waals surface area contributed by atoms with Crippen molar-refractivity contribution in [2.24, 2.45) is 5.73 Å². The van der Waals surface area contributed by atoms with Gasteiger partial charge in [-0.2, -0.15) is 0 Å². The van der Waals surface area contributed by atoms with Crippen molar-refractivity contribution in [3.63, 3.8) is 0 Å². The Morgan fingerprint density at radius 3 is 2.52 bits per heavy atom. The van der Waals surface area contributed by atoms with Crippen LogP contribution in [0.5, 0.6) is 0 Å². The van der Waals surface area contributed by atoms with Gasteiger partial charge in [0.1, 0.15) is 0 Å². The van der Waals surface area contributed by atoms with Crippen molar-refractivity contribution in [1.82, 2.24) is 5.32 Å². The first kappa shape index (κ1) is 17.0. The molecule has 4 N–H and O–H groups in total. The number of hydrogen-bond donors (Lipinski definition) is 3. The van der Waals surface area contributed by atoms with Gasteiger partial charge in [-0.15, -0.1) is 0 Å². The van der Waals surface area contributed by atoms with E-state index in [4.69, 9.17) is 5.73 Å². The predicted octanol–water partition coefficient (Wildman–Crippen LogP) is 2.98. The summed E-state index contributed by atoms with van der Waals surface area (Å²) in [5.41, 5.74) is 7.01. The SMILES string of the molecule is CC(C)c1ccccc1NC(=O)CCCCCNC(N)=O. The fourth-order valence-corrected chi connectivity index (χ4v) is 2.13. The summed E-state index contributed by atoms with van der Waals surface area (Å²) in [5, 5.41) is 5.50. The lowest BCUT2D eigenvalue weighted by Crippen LogP contribution is -2.29. The van der Waals surface area contributed by atoms with Gasteiger partial charge in [0.15, 0.2) is 0 Å². The molecule has 0 heterocycles. The number of nitrogens with one attached hydrogen (secondary N) is 2. The molecule has 5 heteroatoms. The highest BCUT2D eigenvalue weighted by Crippen LogP contribution is 2.23. The molecule has 1 aromatic rings. The summed E-state index contributed by atoms with van der Waals surface area (Å²) in [6.45, 7) is 4.78. The van der Waals surface area contributed by atoms with Crippen LogP contribution >= 0.6 is 0 Å². The molecule has 116 valence electrons. The van der Waals surface area contributed by atoms with E-state index in [1.54, 1.807) is 0 Å². The van der Waals surface area contributed by atoms with Crippen LogP contribution < -0.4 is 16.4 Å². The van der Waals surface area contributed by atoms with Crippen LogP contribution in [0.3, 0.4) is 0 Å². The average Bonchev–Trinajstić information content (AvgIpc) is 2.42. The maximum Gasteiger partial charge on any atom is 0.312 e. The number of benzene rings is 1. The number of urea groups is 1. The third-order valence-corrected chi connectivity index (χ3v) is 3.24. The molecule has 0 aromatic heterocycles. The maximum atomic E-state index is 11.9. The van der Waals surface area contributed by atoms with E-state index in [-0.39, 0.29) is 5.91 Å². The minimum atomic E-state index is -0.502. The summed E-state index contributed by atoms with van der Waals surface area (Å²) in [6, 6.07) is 7.38. The van der Waals surface area contributed by atoms with Crippen LogP contribution in [-0.2, 0) is 4.79 Å². The zero-order valence-corrected chi connectivity index (χ0v) is 12.8. The third kappa shape index (κ3) is 6.79. The molecule has 3 amide bonds. The number of primary amides is 1. The lowest BCUT2D eigenvalue weighted by Gasteiger charge is -2.13. The van der Waals surface area contributed by atoms with Crippen molar-refractivity contribution >= 4 is 17.6 Å². The van der Waals surface area contributed by atoms with Gasteiger partial charge in [0.05, 0.1) is 0 Å². The highest BCUT2D eigenvalue weighted by Gasteiger charge is 2.08. The molecule has 0 aliphatic rings. The largest absolute Gasteiger partial charge is 0.352 e. The van der Waals surface area contributed by atoms with E-state index in [0.29, 0.717) is 18.9 Å². The van der Waals surface area contributed by atoms with Crippen LogP contribution in [0.15, 0.2) is 24.3 Å². The van der Waals surface area contributed by atoms with Crippen molar-refractivity contribution < 1.29 is 9.59 Å². The molecule has 5 nitrogen and oxygen atoms in total. The van der Waals surface area contributed by atoms with Crippen molar-refractivity contribution in [3.05, 3.63) is 29.8 Å². The number of unbranched alkanes of at least 4 members (excludes halogenated alkanes) is 2. The molecule has 0 bridgehead atoms. The second kappa shape index (κ2) is 9.00. The third-order valence-electron chi connectivity index (χ3n) is 3.24. The molecule has 0 spiro atoms. The molecule has 0 radical (unpaired) electrons. The van der Waals surface area contributed by atoms with Crippen LogP contribution in [0.25, 0.3) is 0 Å². The predicted molar refractivity (Wildman–Crippen MR) is 85.2 cm³/mol. The summed E-state index contributed by atoms with van der Waals surface area (Å²) in [5.74, 6) is 0.410. The van der Waals surface area contributed by atoms with Gasteiger partial charge >= 0.3 is 6.03 Å². The van der Waals surface area contributed by atoms with Crippen LogP contribution in [0, 0.1) is 0 Å². The van der Waals surface area contributed by atoms with Gasteiger partial charge < -0.3 is 16.4 Å². The Morgan fingerprint density at radius 2 is 1.86 bits per heavy atom. The molecule has 0 aliphatic heterocycles. The first-order valence-corrected chi connectivity index (χ1v) is 7.42. The number of amides is 3. The highest BCUT2D eigenvalue weighted by molar-refractivity contribution is 5.91. The smallest absolute Gasteiger partial charge is 0.312 e. The number of anilines is 1. The Hall–Kier alpha value is -2.04. The first-order chi connectivity index (χ1) is 10.0. The van der Waals surface area contributed by atoms with Gasteiger partial charge in [-0.25, -0.2) is 4.79 Å². The van der Waals surface area contributed by atoms with Gasteiger partial charge in [-0.05, 0) is 30.4 Å². The van der Waals surface area contributed by atoms with Crippen molar-refractivity contribution in [2.45, 2.75) is 45.4 Å². The van der Waals surface area contributed by atoms with Crippen LogP contribution in [0.4, 0.5) is 10.5 Å². The van der Waals surface area contributed by atoms with Gasteiger partial charge in [0.25, 0.3) is 0 Å².